The Morgan fingerprint density at radius 1 is 1.03 bits per heavy atom. The second kappa shape index (κ2) is 10.2. The smallest absolute Gasteiger partial charge is 0.343 e. The molecule has 0 N–H and O–H groups in total. The lowest BCUT2D eigenvalue weighted by atomic mass is 10.1. The number of benzene rings is 3. The highest BCUT2D eigenvalue weighted by molar-refractivity contribution is 8.26. The van der Waals surface area contributed by atoms with Gasteiger partial charge in [0.2, 0.25) is 0 Å². The van der Waals surface area contributed by atoms with Gasteiger partial charge >= 0.3 is 5.97 Å². The van der Waals surface area contributed by atoms with Crippen molar-refractivity contribution in [1.82, 2.24) is 4.90 Å². The monoisotopic (exact) mass is 489 g/mol. The molecule has 5 nitrogen and oxygen atoms in total. The van der Waals surface area contributed by atoms with Crippen molar-refractivity contribution in [1.29, 1.82) is 0 Å². The van der Waals surface area contributed by atoms with Crippen molar-refractivity contribution < 1.29 is 19.1 Å². The van der Waals surface area contributed by atoms with Gasteiger partial charge in [0.15, 0.2) is 11.5 Å². The second-order valence-electron chi connectivity index (χ2n) is 7.75. The number of hydrogen-bond donors (Lipinski definition) is 0. The molecule has 1 aliphatic heterocycles. The van der Waals surface area contributed by atoms with Crippen LogP contribution in [-0.2, 0) is 4.79 Å². The predicted molar refractivity (Wildman–Crippen MR) is 139 cm³/mol. The average molecular weight is 490 g/mol. The molecule has 1 amide bonds. The molecule has 34 heavy (non-hydrogen) atoms. The Morgan fingerprint density at radius 2 is 1.74 bits per heavy atom. The van der Waals surface area contributed by atoms with Crippen LogP contribution in [0.4, 0.5) is 0 Å². The lowest BCUT2D eigenvalue weighted by molar-refractivity contribution is -0.123. The highest BCUT2D eigenvalue weighted by Crippen LogP contribution is 2.39. The summed E-state index contributed by atoms with van der Waals surface area (Å²) in [5, 5.41) is 0. The summed E-state index contributed by atoms with van der Waals surface area (Å²) < 4.78 is 11.5. The van der Waals surface area contributed by atoms with E-state index in [1.807, 2.05) is 56.3 Å². The van der Waals surface area contributed by atoms with Crippen LogP contribution in [-0.4, -0.2) is 28.2 Å². The predicted octanol–water partition coefficient (Wildman–Crippen LogP) is 6.19. The molecule has 3 aromatic carbocycles. The minimum atomic E-state index is -0.458. The fourth-order valence-electron chi connectivity index (χ4n) is 3.66. The number of aryl methyl sites for hydroxylation is 1. The summed E-state index contributed by atoms with van der Waals surface area (Å²) in [6.45, 7) is 3.81. The van der Waals surface area contributed by atoms with Crippen molar-refractivity contribution in [3.8, 4) is 11.5 Å². The van der Waals surface area contributed by atoms with E-state index < -0.39 is 5.97 Å². The Kier molecular flexibility index (Phi) is 7.14. The van der Waals surface area contributed by atoms with Crippen molar-refractivity contribution in [3.05, 3.63) is 100.0 Å². The van der Waals surface area contributed by atoms with E-state index in [0.29, 0.717) is 26.3 Å². The van der Waals surface area contributed by atoms with Gasteiger partial charge < -0.3 is 9.47 Å². The van der Waals surface area contributed by atoms with Gasteiger partial charge in [0.05, 0.1) is 23.6 Å². The summed E-state index contributed by atoms with van der Waals surface area (Å²) in [6.07, 6.45) is 1.77. The van der Waals surface area contributed by atoms with Gasteiger partial charge in [0, 0.05) is 0 Å². The van der Waals surface area contributed by atoms with Crippen LogP contribution in [0, 0.1) is 6.92 Å². The Hall–Kier alpha value is -3.42. The van der Waals surface area contributed by atoms with Crippen molar-refractivity contribution >= 4 is 46.3 Å². The standard InChI is InChI=1S/C27H23NO4S2/c1-17-9-7-8-12-21(17)26(30)32-22-14-13-19(15-23(22)31-3)16-24-25(29)28(27(33)34-24)18(2)20-10-5-4-6-11-20/h4-16,18H,1-3H3/b24-16-/t18-/m1/s1. The van der Waals surface area contributed by atoms with Crippen molar-refractivity contribution in [2.75, 3.05) is 7.11 Å². The maximum atomic E-state index is 13.1. The van der Waals surface area contributed by atoms with Gasteiger partial charge in [-0.2, -0.15) is 0 Å². The molecule has 4 rings (SSSR count). The van der Waals surface area contributed by atoms with E-state index in [1.165, 1.54) is 18.9 Å². The minimum absolute atomic E-state index is 0.139. The molecule has 0 saturated carbocycles. The largest absolute Gasteiger partial charge is 0.493 e. The molecule has 0 aliphatic carbocycles. The van der Waals surface area contributed by atoms with Crippen LogP contribution >= 0.6 is 24.0 Å². The third kappa shape index (κ3) is 4.90. The van der Waals surface area contributed by atoms with E-state index in [1.54, 1.807) is 41.3 Å². The van der Waals surface area contributed by atoms with Crippen molar-refractivity contribution in [2.24, 2.45) is 0 Å². The van der Waals surface area contributed by atoms with Gasteiger partial charge in [0.25, 0.3) is 5.91 Å². The zero-order valence-electron chi connectivity index (χ0n) is 19.0. The molecule has 1 saturated heterocycles. The molecule has 1 fully saturated rings. The normalized spacial score (nSPS) is 15.5. The molecule has 0 radical (unpaired) electrons. The first-order chi connectivity index (χ1) is 16.4. The lowest BCUT2D eigenvalue weighted by Crippen LogP contribution is -2.30. The maximum Gasteiger partial charge on any atom is 0.343 e. The Balaban J connectivity index is 1.55. The fourth-order valence-corrected chi connectivity index (χ4v) is 5.08. The highest BCUT2D eigenvalue weighted by Gasteiger charge is 2.35. The molecular weight excluding hydrogens is 466 g/mol. The number of carbonyl (C=O) groups is 2. The summed E-state index contributed by atoms with van der Waals surface area (Å²) in [6, 6.07) is 22.0. The number of ether oxygens (including phenoxy) is 2. The zero-order valence-corrected chi connectivity index (χ0v) is 20.6. The second-order valence-corrected chi connectivity index (χ2v) is 9.43. The average Bonchev–Trinajstić information content (AvgIpc) is 3.12. The van der Waals surface area contributed by atoms with Gasteiger partial charge in [-0.1, -0.05) is 78.6 Å². The lowest BCUT2D eigenvalue weighted by Gasteiger charge is -2.23. The van der Waals surface area contributed by atoms with Gasteiger partial charge in [-0.15, -0.1) is 0 Å². The molecule has 1 aliphatic rings. The molecule has 3 aromatic rings. The first-order valence-electron chi connectivity index (χ1n) is 10.7. The number of carbonyl (C=O) groups excluding carboxylic acids is 2. The molecule has 1 atom stereocenters. The Bertz CT molecular complexity index is 1290. The SMILES string of the molecule is COc1cc(/C=C2\SC(=S)N([C@H](C)c3ccccc3)C2=O)ccc1OC(=O)c1ccccc1C. The molecule has 7 heteroatoms. The summed E-state index contributed by atoms with van der Waals surface area (Å²) in [4.78, 5) is 27.9. The van der Waals surface area contributed by atoms with Gasteiger partial charge in [-0.3, -0.25) is 9.69 Å². The number of thiocarbonyl (C=S) groups is 1. The number of thioether (sulfide) groups is 1. The van der Waals surface area contributed by atoms with E-state index in [-0.39, 0.29) is 11.9 Å². The van der Waals surface area contributed by atoms with E-state index >= 15 is 0 Å². The number of esters is 1. The van der Waals surface area contributed by atoms with Gasteiger partial charge in [-0.05, 0) is 54.8 Å². The number of hydrogen-bond acceptors (Lipinski definition) is 6. The van der Waals surface area contributed by atoms with E-state index in [4.69, 9.17) is 21.7 Å². The maximum absolute atomic E-state index is 13.1. The Labute approximate surface area is 208 Å². The first kappa shape index (κ1) is 23.7. The number of rotatable bonds is 6. The molecule has 1 heterocycles. The van der Waals surface area contributed by atoms with Crippen LogP contribution in [0.5, 0.6) is 11.5 Å². The van der Waals surface area contributed by atoms with E-state index in [9.17, 15) is 9.59 Å². The van der Waals surface area contributed by atoms with Crippen LogP contribution in [0.15, 0.2) is 77.7 Å². The van der Waals surface area contributed by atoms with Crippen LogP contribution < -0.4 is 9.47 Å². The van der Waals surface area contributed by atoms with Crippen molar-refractivity contribution in [3.63, 3.8) is 0 Å². The summed E-state index contributed by atoms with van der Waals surface area (Å²) >= 11 is 6.78. The molecule has 0 spiro atoms. The van der Waals surface area contributed by atoms with Gasteiger partial charge in [0.1, 0.15) is 4.32 Å². The minimum Gasteiger partial charge on any atom is -0.493 e. The van der Waals surface area contributed by atoms with Crippen LogP contribution in [0.3, 0.4) is 0 Å². The van der Waals surface area contributed by atoms with Crippen LogP contribution in [0.2, 0.25) is 0 Å². The first-order valence-corrected chi connectivity index (χ1v) is 11.9. The molecule has 0 bridgehead atoms. The zero-order chi connectivity index (χ0) is 24.2. The number of nitrogens with zero attached hydrogens (tertiary/aromatic N) is 1. The highest BCUT2D eigenvalue weighted by atomic mass is 32.2. The summed E-state index contributed by atoms with van der Waals surface area (Å²) in [5.74, 6) is 0.0993. The molecular formula is C27H23NO4S2. The molecule has 0 unspecified atom stereocenters. The fraction of sp³-hybridized carbons (Fsp3) is 0.148. The topological polar surface area (TPSA) is 55.8 Å². The quantitative estimate of drug-likeness (QED) is 0.178. The van der Waals surface area contributed by atoms with Crippen LogP contribution in [0.25, 0.3) is 6.08 Å². The Morgan fingerprint density at radius 3 is 2.44 bits per heavy atom. The third-order valence-corrected chi connectivity index (χ3v) is 6.88. The van der Waals surface area contributed by atoms with Crippen LogP contribution in [0.1, 0.15) is 40.0 Å². The molecule has 0 aromatic heterocycles. The number of amides is 1. The van der Waals surface area contributed by atoms with Crippen molar-refractivity contribution in [2.45, 2.75) is 19.9 Å². The number of methoxy groups -OCH3 is 1. The van der Waals surface area contributed by atoms with E-state index in [2.05, 4.69) is 0 Å². The summed E-state index contributed by atoms with van der Waals surface area (Å²) in [7, 11) is 1.51. The molecule has 172 valence electrons. The third-order valence-electron chi connectivity index (χ3n) is 5.55. The van der Waals surface area contributed by atoms with Gasteiger partial charge in [-0.25, -0.2) is 4.79 Å². The van der Waals surface area contributed by atoms with E-state index in [0.717, 1.165) is 16.7 Å². The summed E-state index contributed by atoms with van der Waals surface area (Å²) in [5.41, 5.74) is 3.07.